The molecule has 5 N–H and O–H groups in total. The second-order valence-electron chi connectivity index (χ2n) is 13.9. The van der Waals surface area contributed by atoms with Crippen LogP contribution in [0.4, 0.5) is 5.69 Å². The molecule has 0 aliphatic heterocycles. The maximum absolute atomic E-state index is 12.8. The van der Waals surface area contributed by atoms with Crippen molar-refractivity contribution in [2.45, 2.75) is 113 Å². The third-order valence-corrected chi connectivity index (χ3v) is 10.3. The molecule has 3 atom stereocenters. The summed E-state index contributed by atoms with van der Waals surface area (Å²) in [4.78, 5) is 41.3. The summed E-state index contributed by atoms with van der Waals surface area (Å²) in [5.41, 5.74) is 12.6. The summed E-state index contributed by atoms with van der Waals surface area (Å²) in [5.74, 6) is 1.09. The van der Waals surface area contributed by atoms with Crippen LogP contribution in [0, 0.1) is 18.8 Å². The van der Waals surface area contributed by atoms with Crippen molar-refractivity contribution >= 4 is 35.0 Å². The summed E-state index contributed by atoms with van der Waals surface area (Å²) in [5, 5.41) is 8.97. The van der Waals surface area contributed by atoms with E-state index in [1.165, 1.54) is 37.1 Å². The van der Waals surface area contributed by atoms with Crippen molar-refractivity contribution in [1.82, 2.24) is 15.6 Å². The van der Waals surface area contributed by atoms with Gasteiger partial charge in [-0.1, -0.05) is 110 Å². The van der Waals surface area contributed by atoms with Gasteiger partial charge in [-0.25, -0.2) is 4.98 Å². The number of benzene rings is 2. The number of hydrogen-bond donors (Lipinski definition) is 4. The maximum Gasteiger partial charge on any atom is 0.260 e. The van der Waals surface area contributed by atoms with Gasteiger partial charge in [-0.05, 0) is 79.7 Å². The van der Waals surface area contributed by atoms with E-state index < -0.39 is 11.8 Å². The maximum atomic E-state index is 12.8. The summed E-state index contributed by atoms with van der Waals surface area (Å²) in [7, 11) is 3.11. The molecule has 0 radical (unpaired) electrons. The summed E-state index contributed by atoms with van der Waals surface area (Å²) >= 11 is 6.99. The molecular weight excluding hydrogens is 698 g/mol. The van der Waals surface area contributed by atoms with Crippen molar-refractivity contribution in [3.05, 3.63) is 75.8 Å². The average Bonchev–Trinajstić information content (AvgIpc) is 3.56. The molecule has 2 aromatic carbocycles. The van der Waals surface area contributed by atoms with Crippen LogP contribution in [0.5, 0.6) is 5.88 Å². The first-order valence-electron chi connectivity index (χ1n) is 19.5. The van der Waals surface area contributed by atoms with Gasteiger partial charge in [0.15, 0.2) is 0 Å². The Balaban J connectivity index is 0.000000501. The van der Waals surface area contributed by atoms with Crippen molar-refractivity contribution in [3.8, 4) is 28.3 Å². The van der Waals surface area contributed by atoms with E-state index in [0.29, 0.717) is 28.5 Å². The zero-order valence-corrected chi connectivity index (χ0v) is 35.2. The van der Waals surface area contributed by atoms with E-state index in [9.17, 15) is 14.4 Å². The number of fused-ring (bicyclic) bond motifs is 1. The first-order valence-corrected chi connectivity index (χ1v) is 19.9. The summed E-state index contributed by atoms with van der Waals surface area (Å²) in [6.45, 7) is 18.7. The molecule has 9 nitrogen and oxygen atoms in total. The molecule has 1 heterocycles. The van der Waals surface area contributed by atoms with Crippen LogP contribution in [0.1, 0.15) is 110 Å². The Bertz CT molecular complexity index is 1740. The number of rotatable bonds is 14. The van der Waals surface area contributed by atoms with Crippen LogP contribution >= 0.6 is 11.6 Å². The van der Waals surface area contributed by atoms with Gasteiger partial charge < -0.3 is 26.4 Å². The number of nitrogens with zero attached hydrogens (tertiary/aromatic N) is 1. The number of halogens is 1. The van der Waals surface area contributed by atoms with Gasteiger partial charge in [0.25, 0.3) is 11.8 Å². The topological polar surface area (TPSA) is 135 Å². The van der Waals surface area contributed by atoms with Crippen LogP contribution in [0.2, 0.25) is 5.02 Å². The third-order valence-electron chi connectivity index (χ3n) is 9.90. The summed E-state index contributed by atoms with van der Waals surface area (Å²) in [6.07, 6.45) is 8.05. The quantitative estimate of drug-likeness (QED) is 0.0735. The highest BCUT2D eigenvalue weighted by Crippen LogP contribution is 2.43. The van der Waals surface area contributed by atoms with Crippen LogP contribution in [-0.4, -0.2) is 49.4 Å². The molecule has 3 amide bonds. The Labute approximate surface area is 329 Å². The number of hydrogen-bond acceptors (Lipinski definition) is 6. The van der Waals surface area contributed by atoms with Crippen molar-refractivity contribution in [3.63, 3.8) is 0 Å². The van der Waals surface area contributed by atoms with Gasteiger partial charge in [0.1, 0.15) is 5.57 Å². The molecular formula is C44H64ClN5O4. The number of pyridine rings is 1. The molecule has 1 aliphatic carbocycles. The molecule has 3 aromatic rings. The minimum atomic E-state index is -0.534. The predicted octanol–water partition coefficient (Wildman–Crippen LogP) is 9.40. The zero-order chi connectivity index (χ0) is 40.5. The van der Waals surface area contributed by atoms with E-state index in [2.05, 4.69) is 49.7 Å². The van der Waals surface area contributed by atoms with Crippen LogP contribution in [0.15, 0.2) is 54.1 Å². The Morgan fingerprint density at radius 2 is 1.65 bits per heavy atom. The highest BCUT2D eigenvalue weighted by molar-refractivity contribution is 6.36. The molecule has 0 fully saturated rings. The Morgan fingerprint density at radius 1 is 1.00 bits per heavy atom. The van der Waals surface area contributed by atoms with Gasteiger partial charge in [0, 0.05) is 47.9 Å². The van der Waals surface area contributed by atoms with E-state index in [1.807, 2.05) is 65.0 Å². The number of carbonyl (C=O) groups is 3. The largest absolute Gasteiger partial charge is 0.481 e. The minimum Gasteiger partial charge on any atom is -0.481 e. The zero-order valence-electron chi connectivity index (χ0n) is 34.4. The van der Waals surface area contributed by atoms with Crippen LogP contribution in [-0.2, 0) is 20.8 Å². The van der Waals surface area contributed by atoms with Gasteiger partial charge in [-0.15, -0.1) is 0 Å². The van der Waals surface area contributed by atoms with E-state index in [-0.39, 0.29) is 23.9 Å². The molecule has 0 saturated carbocycles. The van der Waals surface area contributed by atoms with Gasteiger partial charge in [-0.3, -0.25) is 14.4 Å². The molecule has 0 spiro atoms. The third kappa shape index (κ3) is 12.2. The van der Waals surface area contributed by atoms with Crippen molar-refractivity contribution in [2.24, 2.45) is 17.6 Å². The molecule has 1 aromatic heterocycles. The molecule has 54 heavy (non-hydrogen) atoms. The van der Waals surface area contributed by atoms with Gasteiger partial charge >= 0.3 is 0 Å². The Hall–Kier alpha value is -4.21. The van der Waals surface area contributed by atoms with E-state index in [0.717, 1.165) is 59.5 Å². The first-order chi connectivity index (χ1) is 25.8. The van der Waals surface area contributed by atoms with Crippen molar-refractivity contribution in [2.75, 3.05) is 26.0 Å². The molecule has 3 unspecified atom stereocenters. The molecule has 4 rings (SSSR count). The lowest BCUT2D eigenvalue weighted by Crippen LogP contribution is -2.37. The molecule has 0 saturated heterocycles. The van der Waals surface area contributed by atoms with E-state index in [1.54, 1.807) is 13.2 Å². The average molecular weight is 762 g/mol. The highest BCUT2D eigenvalue weighted by atomic mass is 35.5. The Morgan fingerprint density at radius 3 is 2.24 bits per heavy atom. The fraction of sp³-hybridized carbons (Fsp3) is 0.500. The number of nitrogens with two attached hydrogens (primary N) is 1. The number of likely N-dealkylation sites (N-methyl/N-ethyl adjacent to an activating group) is 1. The lowest BCUT2D eigenvalue weighted by Gasteiger charge is -2.20. The van der Waals surface area contributed by atoms with Gasteiger partial charge in [0.2, 0.25) is 11.8 Å². The van der Waals surface area contributed by atoms with E-state index >= 15 is 0 Å². The lowest BCUT2D eigenvalue weighted by atomic mass is 9.95. The number of amides is 3. The monoisotopic (exact) mass is 761 g/mol. The minimum absolute atomic E-state index is 0.0409. The number of anilines is 1. The predicted molar refractivity (Wildman–Crippen MR) is 225 cm³/mol. The second-order valence-corrected chi connectivity index (χ2v) is 14.3. The molecule has 296 valence electrons. The molecule has 10 heteroatoms. The van der Waals surface area contributed by atoms with Crippen molar-refractivity contribution < 1.29 is 19.1 Å². The van der Waals surface area contributed by atoms with E-state index in [4.69, 9.17) is 27.1 Å². The molecule has 0 bridgehead atoms. The fourth-order valence-electron chi connectivity index (χ4n) is 6.29. The van der Waals surface area contributed by atoms with Crippen LogP contribution in [0.25, 0.3) is 22.4 Å². The fourth-order valence-corrected chi connectivity index (χ4v) is 6.62. The lowest BCUT2D eigenvalue weighted by molar-refractivity contribution is -0.125. The normalized spacial score (nSPS) is 14.4. The smallest absolute Gasteiger partial charge is 0.260 e. The van der Waals surface area contributed by atoms with Crippen LogP contribution < -0.4 is 26.4 Å². The van der Waals surface area contributed by atoms with Gasteiger partial charge in [-0.2, -0.15) is 0 Å². The second kappa shape index (κ2) is 22.9. The molecule has 1 aliphatic rings. The number of aryl methyl sites for hydroxylation is 1. The highest BCUT2D eigenvalue weighted by Gasteiger charge is 2.26. The number of ether oxygens (including phenoxy) is 1. The number of carbonyl (C=O) groups excluding carboxylic acids is 3. The first kappa shape index (κ1) is 45.9. The standard InChI is InChI=1S/C29H31ClN4O3.C13H27NO.C2H6/c1-16-11-12-18-15-24(34-29(37-4)25(16)18)21-9-5-8-20(26(21)30)19-7-6-10-23(17(19)2)33-28(36)22(13-14-31)27(35)32-3;1-6-11(5)8-9-12(7-2)14-13(15)10(3)4;1-2/h5-10,13,15-16H,11-12,14,31H2,1-4H3,(H,32,35)(H,33,36);10-12H,6-9H2,1-5H3,(H,14,15);1-2H3/b22-13+;;. The summed E-state index contributed by atoms with van der Waals surface area (Å²) < 4.78 is 5.64. The summed E-state index contributed by atoms with van der Waals surface area (Å²) in [6, 6.07) is 13.9. The van der Waals surface area contributed by atoms with Gasteiger partial charge in [0.05, 0.1) is 17.8 Å². The number of aromatic nitrogens is 1. The number of methoxy groups -OCH3 is 1. The Kier molecular flexibility index (Phi) is 19.5. The van der Waals surface area contributed by atoms with Crippen LogP contribution in [0.3, 0.4) is 0 Å². The SMILES string of the molecule is CC.CCC(C)CCC(CC)NC(=O)C(C)C.CNC(=O)/C(=C\CN)C(=O)Nc1cccc(-c2cccc(-c3cc4c(c(OC)n3)C(C)CC4)c2Cl)c1C. The number of nitrogens with one attached hydrogen (secondary N) is 3. The van der Waals surface area contributed by atoms with Crippen molar-refractivity contribution in [1.29, 1.82) is 0 Å².